The number of likely N-dealkylation sites (tertiary alicyclic amines) is 1. The van der Waals surface area contributed by atoms with Crippen LogP contribution in [0.15, 0.2) is 53.0 Å². The van der Waals surface area contributed by atoms with Crippen molar-refractivity contribution in [1.29, 1.82) is 0 Å². The Kier molecular flexibility index (Phi) is 5.43. The van der Waals surface area contributed by atoms with Gasteiger partial charge in [0.25, 0.3) is 0 Å². The normalized spacial score (nSPS) is 13.8. The Morgan fingerprint density at radius 2 is 1.75 bits per heavy atom. The van der Waals surface area contributed by atoms with Crippen molar-refractivity contribution in [3.8, 4) is 0 Å². The first kappa shape index (κ1) is 18.7. The fourth-order valence-electron chi connectivity index (χ4n) is 3.55. The maximum absolute atomic E-state index is 12.7. The van der Waals surface area contributed by atoms with E-state index in [2.05, 4.69) is 26.2 Å². The summed E-state index contributed by atoms with van der Waals surface area (Å²) in [6.07, 6.45) is 2.31. The number of hydrogen-bond acceptors (Lipinski definition) is 3. The number of anilines is 1. The van der Waals surface area contributed by atoms with Gasteiger partial charge in [0.1, 0.15) is 12.4 Å². The molecule has 6 nitrogen and oxygen atoms in total. The molecule has 0 atom stereocenters. The van der Waals surface area contributed by atoms with Crippen molar-refractivity contribution in [2.45, 2.75) is 25.8 Å². The number of aromatic nitrogens is 2. The van der Waals surface area contributed by atoms with Gasteiger partial charge < -0.3 is 14.8 Å². The molecule has 0 unspecified atom stereocenters. The molecular weight excluding hydrogens is 420 g/mol. The van der Waals surface area contributed by atoms with Crippen LogP contribution in [-0.2, 0) is 22.6 Å². The molecule has 0 bridgehead atoms. The molecule has 0 radical (unpaired) electrons. The third-order valence-electron chi connectivity index (χ3n) is 4.95. The zero-order valence-electron chi connectivity index (χ0n) is 15.4. The van der Waals surface area contributed by atoms with E-state index in [1.165, 1.54) is 0 Å². The minimum Gasteiger partial charge on any atom is -0.342 e. The van der Waals surface area contributed by atoms with E-state index in [1.807, 2.05) is 58.0 Å². The third kappa shape index (κ3) is 3.94. The zero-order valence-corrected chi connectivity index (χ0v) is 17.0. The van der Waals surface area contributed by atoms with Crippen LogP contribution < -0.4 is 5.32 Å². The summed E-state index contributed by atoms with van der Waals surface area (Å²) in [5.74, 6) is 0.533. The SMILES string of the molecule is O=C(Cn1c(CC(=O)N2CCCC2)nc2ccccc21)Nc1ccccc1Br. The first-order chi connectivity index (χ1) is 13.6. The molecule has 2 heterocycles. The van der Waals surface area contributed by atoms with Crippen LogP contribution in [0, 0.1) is 0 Å². The molecule has 144 valence electrons. The molecule has 1 N–H and O–H groups in total. The summed E-state index contributed by atoms with van der Waals surface area (Å²) in [6.45, 7) is 1.72. The maximum atomic E-state index is 12.7. The second kappa shape index (κ2) is 8.14. The van der Waals surface area contributed by atoms with E-state index in [9.17, 15) is 9.59 Å². The molecule has 0 saturated carbocycles. The number of imidazole rings is 1. The van der Waals surface area contributed by atoms with Crippen molar-refractivity contribution >= 4 is 44.5 Å². The molecule has 3 aromatic rings. The number of fused-ring (bicyclic) bond motifs is 1. The van der Waals surface area contributed by atoms with Gasteiger partial charge in [-0.1, -0.05) is 24.3 Å². The summed E-state index contributed by atoms with van der Waals surface area (Å²) in [6, 6.07) is 15.1. The van der Waals surface area contributed by atoms with Gasteiger partial charge in [0.05, 0.1) is 23.1 Å². The molecule has 28 heavy (non-hydrogen) atoms. The van der Waals surface area contributed by atoms with Gasteiger partial charge in [-0.25, -0.2) is 4.98 Å². The monoisotopic (exact) mass is 440 g/mol. The van der Waals surface area contributed by atoms with E-state index in [1.54, 1.807) is 0 Å². The highest BCUT2D eigenvalue weighted by atomic mass is 79.9. The Balaban J connectivity index is 1.58. The van der Waals surface area contributed by atoms with Gasteiger partial charge in [-0.15, -0.1) is 0 Å². The van der Waals surface area contributed by atoms with Gasteiger partial charge in [-0.05, 0) is 53.0 Å². The highest BCUT2D eigenvalue weighted by Gasteiger charge is 2.22. The number of para-hydroxylation sites is 3. The second-order valence-corrected chi connectivity index (χ2v) is 7.75. The van der Waals surface area contributed by atoms with Crippen molar-refractivity contribution < 1.29 is 9.59 Å². The van der Waals surface area contributed by atoms with Crippen LogP contribution in [0.1, 0.15) is 18.7 Å². The number of benzene rings is 2. The van der Waals surface area contributed by atoms with E-state index in [-0.39, 0.29) is 24.8 Å². The van der Waals surface area contributed by atoms with Gasteiger partial charge in [-0.3, -0.25) is 9.59 Å². The van der Waals surface area contributed by atoms with Gasteiger partial charge in [-0.2, -0.15) is 0 Å². The predicted octanol–water partition coefficient (Wildman–Crippen LogP) is 3.60. The Labute approximate surface area is 171 Å². The third-order valence-corrected chi connectivity index (χ3v) is 5.64. The molecule has 2 aromatic carbocycles. The van der Waals surface area contributed by atoms with Gasteiger partial charge in [0.15, 0.2) is 0 Å². The number of halogens is 1. The van der Waals surface area contributed by atoms with Crippen LogP contribution in [0.25, 0.3) is 11.0 Å². The van der Waals surface area contributed by atoms with E-state index in [0.717, 1.165) is 41.4 Å². The molecular formula is C21H21BrN4O2. The summed E-state index contributed by atoms with van der Waals surface area (Å²) >= 11 is 3.44. The Bertz CT molecular complexity index is 1020. The van der Waals surface area contributed by atoms with Crippen molar-refractivity contribution in [2.24, 2.45) is 0 Å². The number of rotatable bonds is 5. The van der Waals surface area contributed by atoms with Gasteiger partial charge in [0, 0.05) is 17.6 Å². The first-order valence-corrected chi connectivity index (χ1v) is 10.2. The quantitative estimate of drug-likeness (QED) is 0.658. The molecule has 1 aliphatic rings. The van der Waals surface area contributed by atoms with E-state index in [0.29, 0.717) is 11.5 Å². The topological polar surface area (TPSA) is 67.2 Å². The number of nitrogens with one attached hydrogen (secondary N) is 1. The Hall–Kier alpha value is -2.67. The van der Waals surface area contributed by atoms with Crippen molar-refractivity contribution in [1.82, 2.24) is 14.5 Å². The van der Waals surface area contributed by atoms with Crippen molar-refractivity contribution in [3.05, 3.63) is 58.8 Å². The lowest BCUT2D eigenvalue weighted by Crippen LogP contribution is -2.30. The maximum Gasteiger partial charge on any atom is 0.244 e. The fourth-order valence-corrected chi connectivity index (χ4v) is 3.93. The van der Waals surface area contributed by atoms with E-state index in [4.69, 9.17) is 0 Å². The molecule has 1 aromatic heterocycles. The van der Waals surface area contributed by atoms with Crippen LogP contribution in [0.4, 0.5) is 5.69 Å². The lowest BCUT2D eigenvalue weighted by atomic mass is 10.3. The van der Waals surface area contributed by atoms with Gasteiger partial charge in [0.2, 0.25) is 11.8 Å². The molecule has 7 heteroatoms. The molecule has 1 fully saturated rings. The summed E-state index contributed by atoms with van der Waals surface area (Å²) in [5.41, 5.74) is 2.36. The summed E-state index contributed by atoms with van der Waals surface area (Å²) in [7, 11) is 0. The van der Waals surface area contributed by atoms with Crippen LogP contribution >= 0.6 is 15.9 Å². The smallest absolute Gasteiger partial charge is 0.244 e. The number of carbonyl (C=O) groups excluding carboxylic acids is 2. The minimum absolute atomic E-state index is 0.0697. The zero-order chi connectivity index (χ0) is 19.5. The first-order valence-electron chi connectivity index (χ1n) is 9.38. The molecule has 0 spiro atoms. The highest BCUT2D eigenvalue weighted by Crippen LogP contribution is 2.22. The summed E-state index contributed by atoms with van der Waals surface area (Å²) in [4.78, 5) is 31.8. The lowest BCUT2D eigenvalue weighted by Gasteiger charge is -2.16. The molecule has 0 aliphatic carbocycles. The van der Waals surface area contributed by atoms with E-state index >= 15 is 0 Å². The average Bonchev–Trinajstić information content (AvgIpc) is 3.33. The number of nitrogens with zero attached hydrogens (tertiary/aromatic N) is 3. The van der Waals surface area contributed by atoms with Gasteiger partial charge >= 0.3 is 0 Å². The predicted molar refractivity (Wildman–Crippen MR) is 112 cm³/mol. The lowest BCUT2D eigenvalue weighted by molar-refractivity contribution is -0.129. The average molecular weight is 441 g/mol. The second-order valence-electron chi connectivity index (χ2n) is 6.90. The summed E-state index contributed by atoms with van der Waals surface area (Å²) < 4.78 is 2.67. The highest BCUT2D eigenvalue weighted by molar-refractivity contribution is 9.10. The Morgan fingerprint density at radius 3 is 2.54 bits per heavy atom. The van der Waals surface area contributed by atoms with Crippen molar-refractivity contribution in [3.63, 3.8) is 0 Å². The molecule has 1 saturated heterocycles. The van der Waals surface area contributed by atoms with E-state index < -0.39 is 0 Å². The molecule has 2 amide bonds. The summed E-state index contributed by atoms with van der Waals surface area (Å²) in [5, 5.41) is 2.92. The van der Waals surface area contributed by atoms with Crippen LogP contribution in [0.3, 0.4) is 0 Å². The number of amides is 2. The standard InChI is InChI=1S/C21H21BrN4O2/c22-15-7-1-2-8-16(15)24-20(27)14-26-18-10-4-3-9-17(18)23-19(26)13-21(28)25-11-5-6-12-25/h1-4,7-10H,5-6,11-14H2,(H,24,27). The molecule has 1 aliphatic heterocycles. The largest absolute Gasteiger partial charge is 0.342 e. The Morgan fingerprint density at radius 1 is 1.04 bits per heavy atom. The number of carbonyl (C=O) groups is 2. The van der Waals surface area contributed by atoms with Crippen LogP contribution in [0.5, 0.6) is 0 Å². The molecule has 4 rings (SSSR count). The number of hydrogen-bond donors (Lipinski definition) is 1. The minimum atomic E-state index is -0.162. The van der Waals surface area contributed by atoms with Crippen LogP contribution in [0.2, 0.25) is 0 Å². The fraction of sp³-hybridized carbons (Fsp3) is 0.286. The van der Waals surface area contributed by atoms with Crippen molar-refractivity contribution in [2.75, 3.05) is 18.4 Å². The van der Waals surface area contributed by atoms with Crippen LogP contribution in [-0.4, -0.2) is 39.4 Å².